The second kappa shape index (κ2) is 46.8. The average Bonchev–Trinajstić information content (AvgIpc) is 1.37. The maximum absolute atomic E-state index is 14.5. The van der Waals surface area contributed by atoms with Gasteiger partial charge >= 0.3 is 51.2 Å². The molecule has 147 heavy (non-hydrogen) atoms. The van der Waals surface area contributed by atoms with E-state index in [1.54, 1.807) is 117 Å². The maximum atomic E-state index is 14.5. The summed E-state index contributed by atoms with van der Waals surface area (Å²) < 4.78 is 52.3. The standard InChI is InChI=1S/C37H40N5O8P.C35H41N6O6P.C33H35N6O7P.Na/c1-4-19-40-24-35(45)41-32(20-27-13-16-29(17-14-27)50-51(47,48)49)37(46)39(21-28-11-8-12-30-31(25(2)43)22-38(3)36(28)30)23-33(41)42(40)34(44)18-15-26-9-6-5-7-10-26;1-4-19-39-24-33(43)40-30(20-26-13-16-29(17-14-26)47-48(3,45)46)35(44)38(22-28-12-8-11-27-21-37(2)36-34(27)28)23-31(40)41(39)32(42)18-15-25-9-6-5-7-10-25;1-22-31-38(29(40)21-36(2)39(31)33(42)35-19-24-8-4-3-5-9-24)28(18-23-13-15-27(16-14-23)46-47(43,44)45)32(41)37(22)20-26-11-6-10-25-12-7-17-34-30(25)26;/h4-14,16-17,22,32-33H,1,15,18-21,23-24H2,2-3H3,(H2,47,48,49);4-9,11-14,16-17,21,25,30-31H,1,10,15,18-20,22-24H2,2-3H3,(H,45,46);3-17,22,28,31H,18-21H2,1-2H3,(H,35,42)(H2,43,44,45);/q;;;+1/p-1/t32-,33-;25?,30-,31-;22-,28-,31-;/m000./s1. The number of urea groups is 1. The van der Waals surface area contributed by atoms with Gasteiger partial charge in [-0.3, -0.25) is 77.0 Å². The number of nitrogens with one attached hydrogen (secondary N) is 1. The van der Waals surface area contributed by atoms with Gasteiger partial charge in [0.25, 0.3) is 0 Å². The first kappa shape index (κ1) is 108. The maximum Gasteiger partial charge on any atom is 1.00 e. The number of para-hydroxylation sites is 2. The Morgan fingerprint density at radius 2 is 1.02 bits per heavy atom. The van der Waals surface area contributed by atoms with E-state index in [9.17, 15) is 86.1 Å². The Morgan fingerprint density at radius 3 is 1.54 bits per heavy atom. The number of carbonyl (C=O) groups is 10. The van der Waals surface area contributed by atoms with Crippen molar-refractivity contribution in [3.05, 3.63) is 318 Å². The molecule has 6 aliphatic heterocycles. The molecule has 5 N–H and O–H groups in total. The number of phosphoric ester groups is 2. The molecule has 6 saturated heterocycles. The molecule has 18 rings (SSSR count). The van der Waals surface area contributed by atoms with Crippen molar-refractivity contribution in [2.45, 2.75) is 134 Å². The van der Waals surface area contributed by atoms with Crippen LogP contribution in [0.1, 0.15) is 94.4 Å². The molecule has 10 amide bonds. The predicted octanol–water partition coefficient (Wildman–Crippen LogP) is 7.52. The number of fused-ring (bicyclic) bond motifs is 6. The SMILES string of the molecule is C=CCN1CC(=O)N2[C@@H](Cc3ccc(OP(=O)(O)O)cc3)C(=O)N(Cc3cccc4c(C(C)=O)cn(C)c34)C[C@@H]2N1C(=O)CCc1ccccc1.C=CCN1CC(=O)N2[C@@H](Cc3ccc(OP(C)(=O)[O-])cc3)C(=O)N(Cc3cccc4cn(C)nc34)C[C@@H]2N1C(=O)CCC1C=CC=CC1.C[C@H]1[C@H]2N(C(=O)CN(C)N2C(=O)NCc2ccccc2)[C@@H](Cc2ccc(OP(=O)(O)O)cc2)C(=O)N1Cc1cccc2cccnc12.[Na+]. The summed E-state index contributed by atoms with van der Waals surface area (Å²) in [5, 5.41) is 20.0. The molecule has 8 aromatic carbocycles. The van der Waals surface area contributed by atoms with Crippen molar-refractivity contribution in [2.24, 2.45) is 20.0 Å². The van der Waals surface area contributed by atoms with E-state index in [1.165, 1.54) is 58.1 Å². The number of benzene rings is 8. The Labute approximate surface area is 871 Å². The van der Waals surface area contributed by atoms with Crippen LogP contribution in [0.4, 0.5) is 4.79 Å². The number of nitrogens with zero attached hydrogens (tertiary/aromatic N) is 16. The number of Topliss-reactive ketones (excluding diaryl/α,β-unsaturated/α-hetero) is 1. The Balaban J connectivity index is 0.000000165. The molecule has 38 nitrogen and oxygen atoms in total. The molecular weight excluding hydrogens is 1950 g/mol. The van der Waals surface area contributed by atoms with Crippen LogP contribution in [0.5, 0.6) is 17.2 Å². The monoisotopic (exact) mass is 2070 g/mol. The molecular formula is C105H115N17NaO21P3. The number of hydrazine groups is 3. The summed E-state index contributed by atoms with van der Waals surface area (Å²) in [6, 6.07) is 54.6. The quantitative estimate of drug-likeness (QED) is 0.0121. The van der Waals surface area contributed by atoms with Crippen molar-refractivity contribution < 1.29 is 129 Å². The van der Waals surface area contributed by atoms with Gasteiger partial charge in [-0.25, -0.2) is 44.0 Å². The van der Waals surface area contributed by atoms with Crippen molar-refractivity contribution in [2.75, 3.05) is 59.5 Å². The number of aryl methyl sites for hydroxylation is 3. The van der Waals surface area contributed by atoms with Crippen molar-refractivity contribution in [3.63, 3.8) is 0 Å². The van der Waals surface area contributed by atoms with Gasteiger partial charge < -0.3 is 57.7 Å². The van der Waals surface area contributed by atoms with Gasteiger partial charge in [-0.15, -0.1) is 13.2 Å². The molecule has 9 atom stereocenters. The summed E-state index contributed by atoms with van der Waals surface area (Å²) in [6.45, 7) is 13.3. The largest absolute Gasteiger partial charge is 1.00 e. The molecule has 0 saturated carbocycles. The Morgan fingerprint density at radius 1 is 0.531 bits per heavy atom. The minimum atomic E-state index is -4.78. The molecule has 9 heterocycles. The fourth-order valence-electron chi connectivity index (χ4n) is 20.3. The number of rotatable bonds is 31. The number of likely N-dealkylation sites (N-methyl/N-ethyl adjacent to an activating group) is 1. The topological polar surface area (TPSA) is 440 Å². The molecule has 0 radical (unpaired) electrons. The van der Waals surface area contributed by atoms with Gasteiger partial charge in [0.1, 0.15) is 53.9 Å². The average molecular weight is 2070 g/mol. The predicted molar refractivity (Wildman–Crippen MR) is 540 cm³/mol. The zero-order valence-corrected chi connectivity index (χ0v) is 87.1. The van der Waals surface area contributed by atoms with Crippen molar-refractivity contribution in [1.29, 1.82) is 0 Å². The summed E-state index contributed by atoms with van der Waals surface area (Å²) in [6.07, 6.45) is 17.3. The van der Waals surface area contributed by atoms with Crippen LogP contribution in [0, 0.1) is 5.92 Å². The van der Waals surface area contributed by atoms with Crippen molar-refractivity contribution in [1.82, 2.24) is 84.1 Å². The van der Waals surface area contributed by atoms with E-state index in [2.05, 4.69) is 45.2 Å². The van der Waals surface area contributed by atoms with Gasteiger partial charge in [-0.2, -0.15) is 5.10 Å². The van der Waals surface area contributed by atoms with E-state index < -0.39 is 71.9 Å². The number of amides is 10. The molecule has 3 aromatic heterocycles. The minimum absolute atomic E-state index is 0. The smallest absolute Gasteiger partial charge is 0.769 e. The molecule has 2 unspecified atom stereocenters. The summed E-state index contributed by atoms with van der Waals surface area (Å²) in [5.74, 6) is -1.80. The van der Waals surface area contributed by atoms with Crippen LogP contribution in [-0.2, 0) is 118 Å². The molecule has 11 aromatic rings. The third-order valence-electron chi connectivity index (χ3n) is 26.8. The molecule has 762 valence electrons. The number of allylic oxidation sites excluding steroid dienone is 4. The Bertz CT molecular complexity index is 6980. The van der Waals surface area contributed by atoms with Crippen LogP contribution in [0.25, 0.3) is 32.7 Å². The first-order chi connectivity index (χ1) is 69.8. The molecule has 0 bridgehead atoms. The Hall–Kier alpha value is -13.4. The third-order valence-corrected chi connectivity index (χ3v) is 28.2. The molecule has 0 spiro atoms. The number of hydrogen-bond acceptors (Lipinski definition) is 22. The van der Waals surface area contributed by atoms with Crippen LogP contribution in [-0.4, -0.2) is 260 Å². The number of aromatic nitrogens is 4. The zero-order valence-electron chi connectivity index (χ0n) is 82.4. The van der Waals surface area contributed by atoms with Gasteiger partial charge in [0.15, 0.2) is 13.4 Å². The van der Waals surface area contributed by atoms with Gasteiger partial charge in [-0.05, 0) is 126 Å². The number of ketones is 1. The van der Waals surface area contributed by atoms with Gasteiger partial charge in [-0.1, -0.05) is 194 Å². The van der Waals surface area contributed by atoms with Gasteiger partial charge in [0.05, 0.1) is 55.3 Å². The molecule has 6 fully saturated rings. The van der Waals surface area contributed by atoms with Crippen LogP contribution in [0.15, 0.2) is 268 Å². The van der Waals surface area contributed by atoms with E-state index in [0.29, 0.717) is 41.6 Å². The van der Waals surface area contributed by atoms with E-state index in [1.807, 2.05) is 171 Å². The molecule has 42 heteroatoms. The van der Waals surface area contributed by atoms with Gasteiger partial charge in [0, 0.05) is 139 Å². The van der Waals surface area contributed by atoms with E-state index in [-0.39, 0.29) is 203 Å². The fraction of sp³-hybridized carbons (Fsp3) is 0.314. The molecule has 7 aliphatic rings. The number of phosphoric acid groups is 2. The van der Waals surface area contributed by atoms with Crippen LogP contribution in [0.2, 0.25) is 0 Å². The second-order valence-electron chi connectivity index (χ2n) is 37.1. The second-order valence-corrected chi connectivity index (χ2v) is 41.2. The first-order valence-corrected chi connectivity index (χ1v) is 52.8. The van der Waals surface area contributed by atoms with Gasteiger partial charge in [0.2, 0.25) is 47.3 Å². The summed E-state index contributed by atoms with van der Waals surface area (Å²) in [5.41, 5.74) is 9.26. The van der Waals surface area contributed by atoms with E-state index in [0.717, 1.165) is 73.6 Å². The summed E-state index contributed by atoms with van der Waals surface area (Å²) in [4.78, 5) is 202. The van der Waals surface area contributed by atoms with Crippen LogP contribution in [0.3, 0.4) is 0 Å². The molecule has 1 aliphatic carbocycles. The van der Waals surface area contributed by atoms with Crippen LogP contribution < -0.4 is 53.3 Å². The van der Waals surface area contributed by atoms with Crippen molar-refractivity contribution >= 4 is 115 Å². The minimum Gasteiger partial charge on any atom is -0.769 e. The Kier molecular flexibility index (Phi) is 34.3. The zero-order chi connectivity index (χ0) is 104. The van der Waals surface area contributed by atoms with Crippen molar-refractivity contribution in [3.8, 4) is 17.2 Å². The van der Waals surface area contributed by atoms with E-state index >= 15 is 0 Å². The number of piperazine rings is 3. The normalized spacial score (nSPS) is 20.2. The number of hydrogen-bond donors (Lipinski definition) is 5. The summed E-state index contributed by atoms with van der Waals surface area (Å²) >= 11 is 0. The first-order valence-electron chi connectivity index (χ1n) is 47.8. The fourth-order valence-corrected chi connectivity index (χ4v) is 21.6. The van der Waals surface area contributed by atoms with Crippen LogP contribution >= 0.6 is 23.2 Å². The number of carbonyl (C=O) groups excluding carboxylic acids is 10. The number of pyridine rings is 1. The third kappa shape index (κ3) is 25.5. The van der Waals surface area contributed by atoms with E-state index in [4.69, 9.17) is 9.05 Å². The summed E-state index contributed by atoms with van der Waals surface area (Å²) in [7, 11) is -8.17.